The summed E-state index contributed by atoms with van der Waals surface area (Å²) < 4.78 is 0. The Kier molecular flexibility index (Phi) is 7.34. The first-order valence-electron chi connectivity index (χ1n) is 9.55. The molecule has 2 aromatic rings. The zero-order chi connectivity index (χ0) is 18.9. The van der Waals surface area contributed by atoms with Crippen LogP contribution in [0.15, 0.2) is 59.5 Å². The Morgan fingerprint density at radius 1 is 0.963 bits per heavy atom. The van der Waals surface area contributed by atoms with Gasteiger partial charge in [-0.1, -0.05) is 43.2 Å². The van der Waals surface area contributed by atoms with Crippen LogP contribution in [0.3, 0.4) is 0 Å². The van der Waals surface area contributed by atoms with Gasteiger partial charge in [-0.3, -0.25) is 9.59 Å². The maximum Gasteiger partial charge on any atom is 0.251 e. The Labute approximate surface area is 165 Å². The van der Waals surface area contributed by atoms with E-state index in [1.807, 2.05) is 42.5 Å². The summed E-state index contributed by atoms with van der Waals surface area (Å²) in [6.45, 7) is 0.364. The summed E-state index contributed by atoms with van der Waals surface area (Å²) in [5.41, 5.74) is 1.80. The minimum Gasteiger partial charge on any atom is -0.353 e. The van der Waals surface area contributed by atoms with Crippen molar-refractivity contribution in [3.63, 3.8) is 0 Å². The van der Waals surface area contributed by atoms with Crippen LogP contribution in [0, 0.1) is 0 Å². The molecule has 1 saturated carbocycles. The molecule has 3 rings (SSSR count). The number of hydrogen-bond acceptors (Lipinski definition) is 3. The van der Waals surface area contributed by atoms with Gasteiger partial charge in [0, 0.05) is 35.2 Å². The molecule has 0 unspecified atom stereocenters. The van der Waals surface area contributed by atoms with Crippen molar-refractivity contribution in [2.45, 2.75) is 48.8 Å². The van der Waals surface area contributed by atoms with Gasteiger partial charge in [0.2, 0.25) is 5.91 Å². The Bertz CT molecular complexity index is 741. The maximum absolute atomic E-state index is 12.2. The number of amides is 2. The summed E-state index contributed by atoms with van der Waals surface area (Å²) in [4.78, 5) is 25.3. The van der Waals surface area contributed by atoms with Crippen LogP contribution in [0.2, 0.25) is 0 Å². The second-order valence-corrected chi connectivity index (χ2v) is 7.90. The van der Waals surface area contributed by atoms with Crippen LogP contribution in [0.5, 0.6) is 0 Å². The van der Waals surface area contributed by atoms with Gasteiger partial charge in [0.1, 0.15) is 0 Å². The van der Waals surface area contributed by atoms with Crippen LogP contribution in [-0.2, 0) is 10.5 Å². The molecule has 4 nitrogen and oxygen atoms in total. The van der Waals surface area contributed by atoms with Crippen LogP contribution in [0.1, 0.15) is 48.0 Å². The van der Waals surface area contributed by atoms with Crippen molar-refractivity contribution in [3.8, 4) is 0 Å². The molecule has 0 spiro atoms. The number of thioether (sulfide) groups is 1. The highest BCUT2D eigenvalue weighted by molar-refractivity contribution is 7.98. The third-order valence-corrected chi connectivity index (χ3v) is 5.81. The monoisotopic (exact) mass is 382 g/mol. The summed E-state index contributed by atoms with van der Waals surface area (Å²) in [6.07, 6.45) is 4.87. The van der Waals surface area contributed by atoms with Gasteiger partial charge in [-0.15, -0.1) is 11.8 Å². The summed E-state index contributed by atoms with van der Waals surface area (Å²) in [5, 5.41) is 5.86. The Morgan fingerprint density at radius 2 is 1.67 bits per heavy atom. The van der Waals surface area contributed by atoms with E-state index in [9.17, 15) is 9.59 Å². The quantitative estimate of drug-likeness (QED) is 0.674. The largest absolute Gasteiger partial charge is 0.353 e. The average molecular weight is 383 g/mol. The second kappa shape index (κ2) is 10.2. The predicted molar refractivity (Wildman–Crippen MR) is 110 cm³/mol. The minimum absolute atomic E-state index is 0.0236. The standard InChI is InChI=1S/C22H26N2O2S/c25-21(24-19-6-4-5-7-19)14-15-23-22(26)18-12-10-17(11-13-18)16-27-20-8-2-1-3-9-20/h1-3,8-13,19H,4-7,14-16H2,(H,23,26)(H,24,25). The van der Waals surface area contributed by atoms with Crippen molar-refractivity contribution in [2.75, 3.05) is 6.54 Å². The normalized spacial score (nSPS) is 14.1. The smallest absolute Gasteiger partial charge is 0.251 e. The van der Waals surface area contributed by atoms with Crippen molar-refractivity contribution >= 4 is 23.6 Å². The number of carbonyl (C=O) groups is 2. The summed E-state index contributed by atoms with van der Waals surface area (Å²) >= 11 is 1.77. The van der Waals surface area contributed by atoms with Gasteiger partial charge in [0.05, 0.1) is 0 Å². The van der Waals surface area contributed by atoms with E-state index < -0.39 is 0 Å². The summed E-state index contributed by atoms with van der Waals surface area (Å²) in [7, 11) is 0. The molecular formula is C22H26N2O2S. The average Bonchev–Trinajstić information content (AvgIpc) is 3.20. The minimum atomic E-state index is -0.133. The van der Waals surface area contributed by atoms with Crippen LogP contribution >= 0.6 is 11.8 Å². The van der Waals surface area contributed by atoms with E-state index in [-0.39, 0.29) is 11.8 Å². The van der Waals surface area contributed by atoms with Gasteiger partial charge < -0.3 is 10.6 Å². The zero-order valence-corrected chi connectivity index (χ0v) is 16.3. The first-order chi connectivity index (χ1) is 13.2. The molecule has 2 amide bonds. The molecule has 0 aromatic heterocycles. The summed E-state index contributed by atoms with van der Waals surface area (Å²) in [5.74, 6) is 0.759. The van der Waals surface area contributed by atoms with Gasteiger partial charge in [-0.2, -0.15) is 0 Å². The van der Waals surface area contributed by atoms with Gasteiger partial charge in [-0.05, 0) is 42.7 Å². The lowest BCUT2D eigenvalue weighted by atomic mass is 10.1. The second-order valence-electron chi connectivity index (χ2n) is 6.85. The molecule has 0 bridgehead atoms. The lowest BCUT2D eigenvalue weighted by Crippen LogP contribution is -2.35. The van der Waals surface area contributed by atoms with E-state index in [0.29, 0.717) is 24.6 Å². The number of hydrogen-bond donors (Lipinski definition) is 2. The Hall–Kier alpha value is -2.27. The molecule has 5 heteroatoms. The van der Waals surface area contributed by atoms with Crippen LogP contribution in [0.25, 0.3) is 0 Å². The summed E-state index contributed by atoms with van der Waals surface area (Å²) in [6, 6.07) is 18.2. The Balaban J connectivity index is 1.38. The van der Waals surface area contributed by atoms with Gasteiger partial charge in [0.25, 0.3) is 5.91 Å². The lowest BCUT2D eigenvalue weighted by Gasteiger charge is -2.12. The van der Waals surface area contributed by atoms with Gasteiger partial charge >= 0.3 is 0 Å². The SMILES string of the molecule is O=C(CCNC(=O)c1ccc(CSc2ccccc2)cc1)NC1CCCC1. The van der Waals surface area contributed by atoms with E-state index >= 15 is 0 Å². The Morgan fingerprint density at radius 3 is 2.37 bits per heavy atom. The van der Waals surface area contributed by atoms with Crippen LogP contribution < -0.4 is 10.6 Å². The van der Waals surface area contributed by atoms with E-state index in [4.69, 9.17) is 0 Å². The van der Waals surface area contributed by atoms with Gasteiger partial charge in [-0.25, -0.2) is 0 Å². The van der Waals surface area contributed by atoms with Crippen molar-refractivity contribution < 1.29 is 9.59 Å². The highest BCUT2D eigenvalue weighted by Gasteiger charge is 2.16. The highest BCUT2D eigenvalue weighted by atomic mass is 32.2. The lowest BCUT2D eigenvalue weighted by molar-refractivity contribution is -0.121. The van der Waals surface area contributed by atoms with E-state index in [1.165, 1.54) is 23.3 Å². The molecule has 1 fully saturated rings. The van der Waals surface area contributed by atoms with Crippen LogP contribution in [0.4, 0.5) is 0 Å². The third kappa shape index (κ3) is 6.43. The first kappa shape index (κ1) is 19.5. The van der Waals surface area contributed by atoms with E-state index in [1.54, 1.807) is 11.8 Å². The fraction of sp³-hybridized carbons (Fsp3) is 0.364. The fourth-order valence-electron chi connectivity index (χ4n) is 3.20. The molecule has 0 radical (unpaired) electrons. The highest BCUT2D eigenvalue weighted by Crippen LogP contribution is 2.22. The number of carbonyl (C=O) groups excluding carboxylic acids is 2. The molecule has 1 aliphatic carbocycles. The van der Waals surface area contributed by atoms with Crippen molar-refractivity contribution in [2.24, 2.45) is 0 Å². The number of rotatable bonds is 8. The van der Waals surface area contributed by atoms with Crippen LogP contribution in [-0.4, -0.2) is 24.4 Å². The van der Waals surface area contributed by atoms with Crippen molar-refractivity contribution in [3.05, 3.63) is 65.7 Å². The molecule has 1 aliphatic rings. The van der Waals surface area contributed by atoms with E-state index in [0.717, 1.165) is 18.6 Å². The molecule has 2 aromatic carbocycles. The molecule has 0 saturated heterocycles. The molecule has 2 N–H and O–H groups in total. The van der Waals surface area contributed by atoms with E-state index in [2.05, 4.69) is 22.8 Å². The first-order valence-corrected chi connectivity index (χ1v) is 10.5. The molecule has 0 heterocycles. The van der Waals surface area contributed by atoms with Crippen molar-refractivity contribution in [1.29, 1.82) is 0 Å². The third-order valence-electron chi connectivity index (χ3n) is 4.72. The fourth-order valence-corrected chi connectivity index (χ4v) is 4.07. The predicted octanol–water partition coefficient (Wildman–Crippen LogP) is 4.16. The number of nitrogens with one attached hydrogen (secondary N) is 2. The maximum atomic E-state index is 12.2. The van der Waals surface area contributed by atoms with Gasteiger partial charge in [0.15, 0.2) is 0 Å². The zero-order valence-electron chi connectivity index (χ0n) is 15.4. The molecule has 0 atom stereocenters. The molecule has 142 valence electrons. The molecule has 0 aliphatic heterocycles. The molecular weight excluding hydrogens is 356 g/mol. The van der Waals surface area contributed by atoms with Crippen molar-refractivity contribution in [1.82, 2.24) is 10.6 Å². The number of benzene rings is 2. The molecule has 27 heavy (non-hydrogen) atoms. The topological polar surface area (TPSA) is 58.2 Å².